The molecule has 3 aromatic heterocycles. The van der Waals surface area contributed by atoms with Gasteiger partial charge in [-0.1, -0.05) is 18.2 Å². The minimum atomic E-state index is 0.807. The number of hydrogen-bond donors (Lipinski definition) is 1. The van der Waals surface area contributed by atoms with Crippen LogP contribution in [-0.2, 0) is 0 Å². The normalized spacial score (nSPS) is 10.8. The number of aromatic nitrogens is 4. The fourth-order valence-corrected chi connectivity index (χ4v) is 2.62. The number of aromatic amines is 1. The number of nitrogens with zero attached hydrogens (tertiary/aromatic N) is 3. The molecule has 112 valence electrons. The van der Waals surface area contributed by atoms with Crippen LogP contribution < -0.4 is 4.74 Å². The van der Waals surface area contributed by atoms with Crippen molar-refractivity contribution in [1.29, 1.82) is 0 Å². The van der Waals surface area contributed by atoms with Crippen molar-refractivity contribution in [2.75, 3.05) is 7.11 Å². The molecule has 0 aliphatic carbocycles. The van der Waals surface area contributed by atoms with Gasteiger partial charge in [-0.2, -0.15) is 5.10 Å². The lowest BCUT2D eigenvalue weighted by Gasteiger charge is -2.10. The molecule has 4 rings (SSSR count). The maximum atomic E-state index is 5.32. The molecule has 5 nitrogen and oxygen atoms in total. The van der Waals surface area contributed by atoms with Crippen LogP contribution in [-0.4, -0.2) is 27.3 Å². The van der Waals surface area contributed by atoms with Gasteiger partial charge in [-0.25, -0.2) is 0 Å². The summed E-state index contributed by atoms with van der Waals surface area (Å²) in [5.74, 6) is 0.807. The number of methoxy groups -OCH3 is 1. The highest BCUT2D eigenvalue weighted by Gasteiger charge is 2.10. The van der Waals surface area contributed by atoms with Gasteiger partial charge in [-0.3, -0.25) is 15.1 Å². The van der Waals surface area contributed by atoms with Gasteiger partial charge < -0.3 is 4.74 Å². The number of ether oxygens (including phenoxy) is 1. The Kier molecular flexibility index (Phi) is 3.24. The molecule has 4 aromatic rings. The Bertz CT molecular complexity index is 977. The van der Waals surface area contributed by atoms with Gasteiger partial charge in [-0.05, 0) is 24.3 Å². The van der Waals surface area contributed by atoms with E-state index in [1.807, 2.05) is 48.7 Å². The Morgan fingerprint density at radius 3 is 2.83 bits per heavy atom. The molecule has 0 radical (unpaired) electrons. The van der Waals surface area contributed by atoms with Crippen molar-refractivity contribution in [1.82, 2.24) is 20.2 Å². The first kappa shape index (κ1) is 13.5. The lowest BCUT2D eigenvalue weighted by Crippen LogP contribution is -1.91. The zero-order valence-electron chi connectivity index (χ0n) is 12.5. The van der Waals surface area contributed by atoms with Gasteiger partial charge in [0.25, 0.3) is 0 Å². The third kappa shape index (κ3) is 2.42. The van der Waals surface area contributed by atoms with Crippen LogP contribution in [0.25, 0.3) is 33.4 Å². The van der Waals surface area contributed by atoms with Gasteiger partial charge in [0, 0.05) is 29.1 Å². The molecule has 0 spiro atoms. The fraction of sp³-hybridized carbons (Fsp3) is 0.0556. The third-order valence-electron chi connectivity index (χ3n) is 3.75. The molecule has 0 amide bonds. The minimum absolute atomic E-state index is 0.807. The van der Waals surface area contributed by atoms with E-state index in [0.29, 0.717) is 0 Å². The molecule has 0 unspecified atom stereocenters. The van der Waals surface area contributed by atoms with E-state index in [1.165, 1.54) is 0 Å². The summed E-state index contributed by atoms with van der Waals surface area (Å²) >= 11 is 0. The first-order chi connectivity index (χ1) is 11.3. The molecule has 0 bridgehead atoms. The zero-order valence-corrected chi connectivity index (χ0v) is 12.5. The predicted octanol–water partition coefficient (Wildman–Crippen LogP) is 3.70. The molecule has 3 heterocycles. The maximum Gasteiger partial charge on any atom is 0.119 e. The molecule has 5 heteroatoms. The second kappa shape index (κ2) is 5.53. The van der Waals surface area contributed by atoms with Crippen LogP contribution in [0.2, 0.25) is 0 Å². The van der Waals surface area contributed by atoms with Gasteiger partial charge in [0.1, 0.15) is 11.3 Å². The lowest BCUT2D eigenvalue weighted by molar-refractivity contribution is 0.415. The van der Waals surface area contributed by atoms with Crippen molar-refractivity contribution in [2.24, 2.45) is 0 Å². The largest absolute Gasteiger partial charge is 0.497 e. The summed E-state index contributed by atoms with van der Waals surface area (Å²) in [4.78, 5) is 9.00. The lowest BCUT2D eigenvalue weighted by atomic mass is 10.0. The Morgan fingerprint density at radius 2 is 1.91 bits per heavy atom. The van der Waals surface area contributed by atoms with E-state index < -0.39 is 0 Å². The number of benzene rings is 1. The van der Waals surface area contributed by atoms with Crippen molar-refractivity contribution < 1.29 is 4.74 Å². The smallest absolute Gasteiger partial charge is 0.119 e. The van der Waals surface area contributed by atoms with E-state index in [4.69, 9.17) is 4.74 Å². The summed E-state index contributed by atoms with van der Waals surface area (Å²) in [5.41, 5.74) is 5.66. The van der Waals surface area contributed by atoms with E-state index in [1.54, 1.807) is 19.5 Å². The number of hydrogen-bond acceptors (Lipinski definition) is 4. The van der Waals surface area contributed by atoms with E-state index in [9.17, 15) is 0 Å². The van der Waals surface area contributed by atoms with Crippen LogP contribution in [0.15, 0.2) is 61.1 Å². The number of H-pyrrole nitrogens is 1. The summed E-state index contributed by atoms with van der Waals surface area (Å²) in [7, 11) is 1.66. The monoisotopic (exact) mass is 302 g/mol. The van der Waals surface area contributed by atoms with Crippen LogP contribution in [0.3, 0.4) is 0 Å². The molecule has 23 heavy (non-hydrogen) atoms. The number of pyridine rings is 2. The van der Waals surface area contributed by atoms with Crippen molar-refractivity contribution in [2.45, 2.75) is 0 Å². The SMILES string of the molecule is COc1cccc(-c2ncccc2-c2cnc3cn[nH]c3c2)c1. The summed E-state index contributed by atoms with van der Waals surface area (Å²) in [6, 6.07) is 13.9. The van der Waals surface area contributed by atoms with E-state index in [-0.39, 0.29) is 0 Å². The molecular formula is C18H14N4O. The zero-order chi connectivity index (χ0) is 15.6. The molecular weight excluding hydrogens is 288 g/mol. The van der Waals surface area contributed by atoms with E-state index in [2.05, 4.69) is 20.2 Å². The van der Waals surface area contributed by atoms with Crippen LogP contribution in [0.5, 0.6) is 5.75 Å². The molecule has 0 fully saturated rings. The van der Waals surface area contributed by atoms with Crippen molar-refractivity contribution in [3.05, 3.63) is 61.1 Å². The van der Waals surface area contributed by atoms with Crippen LogP contribution in [0, 0.1) is 0 Å². The third-order valence-corrected chi connectivity index (χ3v) is 3.75. The molecule has 1 aromatic carbocycles. The second-order valence-corrected chi connectivity index (χ2v) is 5.16. The van der Waals surface area contributed by atoms with Crippen LogP contribution >= 0.6 is 0 Å². The van der Waals surface area contributed by atoms with Gasteiger partial charge in [0.2, 0.25) is 0 Å². The highest BCUT2D eigenvalue weighted by Crippen LogP contribution is 2.32. The molecule has 0 atom stereocenters. The first-order valence-corrected chi connectivity index (χ1v) is 7.24. The average Bonchev–Trinajstić information content (AvgIpc) is 3.09. The molecule has 1 N–H and O–H groups in total. The highest BCUT2D eigenvalue weighted by atomic mass is 16.5. The first-order valence-electron chi connectivity index (χ1n) is 7.24. The van der Waals surface area contributed by atoms with Crippen molar-refractivity contribution >= 4 is 11.0 Å². The highest BCUT2D eigenvalue weighted by molar-refractivity contribution is 5.85. The van der Waals surface area contributed by atoms with Crippen molar-refractivity contribution in [3.63, 3.8) is 0 Å². The molecule has 0 saturated heterocycles. The number of nitrogens with one attached hydrogen (secondary N) is 1. The Hall–Kier alpha value is -3.21. The molecule has 0 aliphatic heterocycles. The van der Waals surface area contributed by atoms with Crippen LogP contribution in [0.4, 0.5) is 0 Å². The minimum Gasteiger partial charge on any atom is -0.497 e. The summed E-state index contributed by atoms with van der Waals surface area (Å²) < 4.78 is 5.32. The summed E-state index contributed by atoms with van der Waals surface area (Å²) in [5, 5.41) is 6.97. The van der Waals surface area contributed by atoms with Gasteiger partial charge in [0.05, 0.1) is 24.5 Å². The van der Waals surface area contributed by atoms with Gasteiger partial charge >= 0.3 is 0 Å². The van der Waals surface area contributed by atoms with Crippen molar-refractivity contribution in [3.8, 4) is 28.1 Å². The average molecular weight is 302 g/mol. The Morgan fingerprint density at radius 1 is 0.957 bits per heavy atom. The summed E-state index contributed by atoms with van der Waals surface area (Å²) in [6.45, 7) is 0. The van der Waals surface area contributed by atoms with Gasteiger partial charge in [0.15, 0.2) is 0 Å². The Labute approximate surface area is 133 Å². The Balaban J connectivity index is 1.89. The maximum absolute atomic E-state index is 5.32. The quantitative estimate of drug-likeness (QED) is 0.627. The topological polar surface area (TPSA) is 63.7 Å². The van der Waals surface area contributed by atoms with Crippen LogP contribution in [0.1, 0.15) is 0 Å². The summed E-state index contributed by atoms with van der Waals surface area (Å²) in [6.07, 6.45) is 5.35. The fourth-order valence-electron chi connectivity index (χ4n) is 2.62. The number of fused-ring (bicyclic) bond motifs is 1. The standard InChI is InChI=1S/C18H14N4O/c1-23-14-5-2-4-12(8-14)18-15(6-3-7-19-18)13-9-16-17(20-10-13)11-21-22-16/h2-11H,1H3,(H,21,22). The van der Waals surface area contributed by atoms with E-state index >= 15 is 0 Å². The van der Waals surface area contributed by atoms with E-state index in [0.717, 1.165) is 39.2 Å². The molecule has 0 saturated carbocycles. The molecule has 0 aliphatic rings. The predicted molar refractivity (Wildman–Crippen MR) is 89.1 cm³/mol. The second-order valence-electron chi connectivity index (χ2n) is 5.16. The number of rotatable bonds is 3. The van der Waals surface area contributed by atoms with Gasteiger partial charge in [-0.15, -0.1) is 0 Å².